The summed E-state index contributed by atoms with van der Waals surface area (Å²) in [5, 5.41) is 6.05. The van der Waals surface area contributed by atoms with E-state index in [4.69, 9.17) is 10.5 Å². The van der Waals surface area contributed by atoms with Gasteiger partial charge in [-0.15, -0.1) is 0 Å². The van der Waals surface area contributed by atoms with E-state index in [2.05, 4.69) is 32.5 Å². The SMILES string of the molecule is COc1cc2c(cc1Nc1ncc(C(N)=O)c(Nc3c(C)cccc3F)n1)CN(C)CC2. The highest BCUT2D eigenvalue weighted by molar-refractivity contribution is 5.98. The molecule has 0 bridgehead atoms. The molecule has 0 saturated carbocycles. The zero-order chi connectivity index (χ0) is 22.8. The quantitative estimate of drug-likeness (QED) is 0.543. The Morgan fingerprint density at radius 1 is 1.25 bits per heavy atom. The molecule has 1 aliphatic rings. The van der Waals surface area contributed by atoms with Crippen LogP contribution in [-0.4, -0.2) is 41.5 Å². The molecule has 0 unspecified atom stereocenters. The number of amides is 1. The maximum atomic E-state index is 14.3. The molecule has 0 aliphatic carbocycles. The number of rotatable bonds is 6. The molecule has 0 saturated heterocycles. The smallest absolute Gasteiger partial charge is 0.254 e. The van der Waals surface area contributed by atoms with E-state index >= 15 is 0 Å². The van der Waals surface area contributed by atoms with E-state index < -0.39 is 11.7 Å². The second-order valence-corrected chi connectivity index (χ2v) is 7.81. The van der Waals surface area contributed by atoms with E-state index in [0.29, 0.717) is 17.0 Å². The molecule has 3 aromatic rings. The Balaban J connectivity index is 1.70. The van der Waals surface area contributed by atoms with Gasteiger partial charge in [-0.1, -0.05) is 12.1 Å². The van der Waals surface area contributed by atoms with Gasteiger partial charge in [0.1, 0.15) is 22.9 Å². The van der Waals surface area contributed by atoms with Crippen LogP contribution in [-0.2, 0) is 13.0 Å². The van der Waals surface area contributed by atoms with E-state index in [1.54, 1.807) is 26.2 Å². The second-order valence-electron chi connectivity index (χ2n) is 7.81. The fraction of sp³-hybridized carbons (Fsp3) is 0.261. The van der Waals surface area contributed by atoms with Gasteiger partial charge in [-0.2, -0.15) is 4.98 Å². The summed E-state index contributed by atoms with van der Waals surface area (Å²) in [5.41, 5.74) is 9.54. The number of methoxy groups -OCH3 is 1. The normalized spacial score (nSPS) is 13.4. The van der Waals surface area contributed by atoms with Gasteiger partial charge in [0.05, 0.1) is 18.5 Å². The number of ether oxygens (including phenoxy) is 1. The van der Waals surface area contributed by atoms with Crippen LogP contribution >= 0.6 is 0 Å². The Bertz CT molecular complexity index is 1160. The van der Waals surface area contributed by atoms with Gasteiger partial charge in [0.25, 0.3) is 5.91 Å². The summed E-state index contributed by atoms with van der Waals surface area (Å²) in [4.78, 5) is 22.8. The van der Waals surface area contributed by atoms with E-state index in [0.717, 1.165) is 19.5 Å². The predicted octanol–water partition coefficient (Wildman–Crippen LogP) is 3.51. The van der Waals surface area contributed by atoms with E-state index in [-0.39, 0.29) is 23.0 Å². The zero-order valence-corrected chi connectivity index (χ0v) is 18.2. The lowest BCUT2D eigenvalue weighted by molar-refractivity contribution is 0.100. The summed E-state index contributed by atoms with van der Waals surface area (Å²) >= 11 is 0. The summed E-state index contributed by atoms with van der Waals surface area (Å²) in [5.74, 6) is -0.194. The maximum absolute atomic E-state index is 14.3. The first kappa shape index (κ1) is 21.5. The van der Waals surface area contributed by atoms with Crippen molar-refractivity contribution in [1.29, 1.82) is 0 Å². The van der Waals surface area contributed by atoms with Crippen LogP contribution < -0.4 is 21.1 Å². The average molecular weight is 436 g/mol. The number of aromatic nitrogens is 2. The third-order valence-corrected chi connectivity index (χ3v) is 5.49. The summed E-state index contributed by atoms with van der Waals surface area (Å²) in [6.07, 6.45) is 2.26. The van der Waals surface area contributed by atoms with E-state index in [1.165, 1.54) is 23.4 Å². The second kappa shape index (κ2) is 8.80. The predicted molar refractivity (Wildman–Crippen MR) is 121 cm³/mol. The van der Waals surface area contributed by atoms with Crippen molar-refractivity contribution >= 4 is 29.0 Å². The van der Waals surface area contributed by atoms with Crippen LogP contribution in [0.3, 0.4) is 0 Å². The summed E-state index contributed by atoms with van der Waals surface area (Å²) in [6, 6.07) is 8.73. The summed E-state index contributed by atoms with van der Waals surface area (Å²) in [6.45, 7) is 3.57. The molecule has 2 heterocycles. The molecular weight excluding hydrogens is 411 g/mol. The first-order valence-electron chi connectivity index (χ1n) is 10.2. The van der Waals surface area contributed by atoms with Crippen LogP contribution in [0.5, 0.6) is 5.75 Å². The number of hydrogen-bond donors (Lipinski definition) is 3. The Morgan fingerprint density at radius 3 is 2.78 bits per heavy atom. The minimum absolute atomic E-state index is 0.0530. The first-order chi connectivity index (χ1) is 15.4. The fourth-order valence-corrected chi connectivity index (χ4v) is 3.74. The van der Waals surface area contributed by atoms with Crippen LogP contribution in [0.25, 0.3) is 0 Å². The standard InChI is InChI=1S/C23H25FN6O2/c1-13-5-4-6-17(24)20(13)28-22-16(21(25)31)11-26-23(29-22)27-18-9-15-12-30(2)8-7-14(15)10-19(18)32-3/h4-6,9-11H,7-8,12H2,1-3H3,(H2,25,31)(H2,26,27,28,29). The number of para-hydroxylation sites is 1. The molecule has 2 aromatic carbocycles. The van der Waals surface area contributed by atoms with Crippen LogP contribution in [0.15, 0.2) is 36.5 Å². The van der Waals surface area contributed by atoms with Gasteiger partial charge in [0.15, 0.2) is 0 Å². The number of likely N-dealkylation sites (N-methyl/N-ethyl adjacent to an activating group) is 1. The van der Waals surface area contributed by atoms with Crippen molar-refractivity contribution in [2.75, 3.05) is 31.3 Å². The van der Waals surface area contributed by atoms with Crippen molar-refractivity contribution in [3.05, 3.63) is 64.6 Å². The fourth-order valence-electron chi connectivity index (χ4n) is 3.74. The molecule has 8 nitrogen and oxygen atoms in total. The molecule has 166 valence electrons. The van der Waals surface area contributed by atoms with E-state index in [1.807, 2.05) is 12.1 Å². The molecule has 32 heavy (non-hydrogen) atoms. The minimum atomic E-state index is -0.720. The van der Waals surface area contributed by atoms with Gasteiger partial charge in [-0.25, -0.2) is 9.37 Å². The number of fused-ring (bicyclic) bond motifs is 1. The number of aryl methyl sites for hydroxylation is 1. The Morgan fingerprint density at radius 2 is 2.06 bits per heavy atom. The van der Waals surface area contributed by atoms with Crippen molar-refractivity contribution in [1.82, 2.24) is 14.9 Å². The van der Waals surface area contributed by atoms with Crippen molar-refractivity contribution in [2.45, 2.75) is 19.9 Å². The number of hydrogen-bond acceptors (Lipinski definition) is 7. The van der Waals surface area contributed by atoms with Gasteiger partial charge in [0.2, 0.25) is 5.95 Å². The lowest BCUT2D eigenvalue weighted by Crippen LogP contribution is -2.26. The molecule has 4 N–H and O–H groups in total. The monoisotopic (exact) mass is 436 g/mol. The third kappa shape index (κ3) is 4.33. The Kier molecular flexibility index (Phi) is 5.91. The van der Waals surface area contributed by atoms with Crippen molar-refractivity contribution < 1.29 is 13.9 Å². The van der Waals surface area contributed by atoms with E-state index in [9.17, 15) is 9.18 Å². The molecule has 1 aromatic heterocycles. The number of carbonyl (C=O) groups is 1. The molecule has 0 atom stereocenters. The lowest BCUT2D eigenvalue weighted by Gasteiger charge is -2.26. The molecular formula is C23H25FN6O2. The number of carbonyl (C=O) groups excluding carboxylic acids is 1. The molecule has 1 amide bonds. The highest BCUT2D eigenvalue weighted by Crippen LogP contribution is 2.33. The van der Waals surface area contributed by atoms with Crippen LogP contribution in [0.2, 0.25) is 0 Å². The molecule has 0 radical (unpaired) electrons. The zero-order valence-electron chi connectivity index (χ0n) is 18.2. The van der Waals surface area contributed by atoms with Gasteiger partial charge >= 0.3 is 0 Å². The van der Waals surface area contributed by atoms with Gasteiger partial charge in [0, 0.05) is 19.3 Å². The Hall–Kier alpha value is -3.72. The molecule has 1 aliphatic heterocycles. The molecule has 4 rings (SSSR count). The number of benzene rings is 2. The van der Waals surface area contributed by atoms with Crippen molar-refractivity contribution in [2.24, 2.45) is 5.73 Å². The molecule has 9 heteroatoms. The number of primary amides is 1. The summed E-state index contributed by atoms with van der Waals surface area (Å²) in [7, 11) is 3.68. The number of nitrogens with zero attached hydrogens (tertiary/aromatic N) is 3. The third-order valence-electron chi connectivity index (χ3n) is 5.49. The summed E-state index contributed by atoms with van der Waals surface area (Å²) < 4.78 is 19.9. The first-order valence-corrected chi connectivity index (χ1v) is 10.2. The molecule has 0 spiro atoms. The van der Waals surface area contributed by atoms with Crippen molar-refractivity contribution in [3.8, 4) is 5.75 Å². The topological polar surface area (TPSA) is 105 Å². The number of nitrogens with one attached hydrogen (secondary N) is 2. The van der Waals surface area contributed by atoms with Crippen LogP contribution in [0.1, 0.15) is 27.0 Å². The average Bonchev–Trinajstić information content (AvgIpc) is 2.76. The number of halogens is 1. The molecule has 0 fully saturated rings. The van der Waals surface area contributed by atoms with Gasteiger partial charge in [-0.05, 0) is 55.3 Å². The van der Waals surface area contributed by atoms with Crippen molar-refractivity contribution in [3.63, 3.8) is 0 Å². The number of anilines is 4. The van der Waals surface area contributed by atoms with Gasteiger partial charge in [-0.3, -0.25) is 4.79 Å². The van der Waals surface area contributed by atoms with Crippen LogP contribution in [0, 0.1) is 12.7 Å². The lowest BCUT2D eigenvalue weighted by atomic mass is 9.99. The van der Waals surface area contributed by atoms with Gasteiger partial charge < -0.3 is 26.0 Å². The number of nitrogens with two attached hydrogens (primary N) is 1. The van der Waals surface area contributed by atoms with Crippen LogP contribution in [0.4, 0.5) is 27.5 Å². The largest absolute Gasteiger partial charge is 0.495 e. The maximum Gasteiger partial charge on any atom is 0.254 e. The highest BCUT2D eigenvalue weighted by Gasteiger charge is 2.19. The minimum Gasteiger partial charge on any atom is -0.495 e. The highest BCUT2D eigenvalue weighted by atomic mass is 19.1. The Labute approximate surface area is 185 Å².